The summed E-state index contributed by atoms with van der Waals surface area (Å²) in [5.41, 5.74) is 2.33. The van der Waals surface area contributed by atoms with Gasteiger partial charge in [-0.3, -0.25) is 4.68 Å². The van der Waals surface area contributed by atoms with E-state index in [4.69, 9.17) is 14.2 Å². The van der Waals surface area contributed by atoms with Crippen molar-refractivity contribution in [3.05, 3.63) is 41.7 Å². The molecule has 1 aromatic carbocycles. The lowest BCUT2D eigenvalue weighted by molar-refractivity contribution is 0.0903. The van der Waals surface area contributed by atoms with E-state index in [9.17, 15) is 0 Å². The van der Waals surface area contributed by atoms with Crippen molar-refractivity contribution >= 4 is 0 Å². The molecule has 2 aliphatic heterocycles. The lowest BCUT2D eigenvalue weighted by Gasteiger charge is -2.22. The summed E-state index contributed by atoms with van der Waals surface area (Å²) in [6.07, 6.45) is 5.24. The molecule has 1 saturated heterocycles. The van der Waals surface area contributed by atoms with Gasteiger partial charge in [-0.15, -0.1) is 0 Å². The van der Waals surface area contributed by atoms with Crippen LogP contribution in [-0.4, -0.2) is 36.1 Å². The minimum Gasteiger partial charge on any atom is -0.486 e. The Bertz CT molecular complexity index is 716. The molecule has 4 rings (SSSR count). The number of benzene rings is 1. The van der Waals surface area contributed by atoms with Crippen molar-refractivity contribution in [2.45, 2.75) is 32.5 Å². The third-order valence-electron chi connectivity index (χ3n) is 4.89. The number of hydrogen-bond acceptors (Lipinski definition) is 5. The van der Waals surface area contributed by atoms with Crippen molar-refractivity contribution in [2.75, 3.05) is 26.4 Å². The second kappa shape index (κ2) is 7.45. The minimum absolute atomic E-state index is 0.136. The van der Waals surface area contributed by atoms with Gasteiger partial charge < -0.3 is 19.5 Å². The largest absolute Gasteiger partial charge is 0.486 e. The summed E-state index contributed by atoms with van der Waals surface area (Å²) in [7, 11) is 0. The number of hydrogen-bond donors (Lipinski definition) is 1. The maximum absolute atomic E-state index is 5.96. The second-order valence-corrected chi connectivity index (χ2v) is 6.54. The van der Waals surface area contributed by atoms with Gasteiger partial charge in [0.2, 0.25) is 0 Å². The van der Waals surface area contributed by atoms with Gasteiger partial charge in [-0.1, -0.05) is 12.1 Å². The van der Waals surface area contributed by atoms with Gasteiger partial charge in [0.05, 0.1) is 12.3 Å². The average molecular weight is 343 g/mol. The van der Waals surface area contributed by atoms with Crippen molar-refractivity contribution < 1.29 is 14.2 Å². The summed E-state index contributed by atoms with van der Waals surface area (Å²) in [5.74, 6) is 2.19. The number of nitrogens with one attached hydrogen (secondary N) is 1. The molecular formula is C19H25N3O3. The van der Waals surface area contributed by atoms with Crippen molar-refractivity contribution in [3.63, 3.8) is 0 Å². The number of ether oxygens (including phenoxy) is 3. The highest BCUT2D eigenvalue weighted by Crippen LogP contribution is 2.35. The number of nitrogens with zero attached hydrogens (tertiary/aromatic N) is 2. The Kier molecular flexibility index (Phi) is 4.90. The number of aromatic nitrogens is 2. The van der Waals surface area contributed by atoms with Crippen LogP contribution in [0.2, 0.25) is 0 Å². The minimum atomic E-state index is 0.136. The highest BCUT2D eigenvalue weighted by atomic mass is 16.6. The van der Waals surface area contributed by atoms with Crippen LogP contribution in [0.25, 0.3) is 0 Å². The first-order chi connectivity index (χ1) is 12.3. The van der Waals surface area contributed by atoms with E-state index in [1.807, 2.05) is 23.0 Å². The molecule has 0 unspecified atom stereocenters. The number of fused-ring (bicyclic) bond motifs is 1. The van der Waals surface area contributed by atoms with E-state index >= 15 is 0 Å². The number of rotatable bonds is 6. The SMILES string of the molecule is CCn1cc([C@@H]2OCC[C@H]2CNCc2cccc3c2OCCO3)cn1. The lowest BCUT2D eigenvalue weighted by atomic mass is 9.97. The van der Waals surface area contributed by atoms with E-state index in [1.165, 1.54) is 5.56 Å². The summed E-state index contributed by atoms with van der Waals surface area (Å²) in [6.45, 7) is 6.71. The summed E-state index contributed by atoms with van der Waals surface area (Å²) in [4.78, 5) is 0. The fourth-order valence-corrected chi connectivity index (χ4v) is 3.58. The fraction of sp³-hybridized carbons (Fsp3) is 0.526. The van der Waals surface area contributed by atoms with Crippen LogP contribution in [-0.2, 0) is 17.8 Å². The summed E-state index contributed by atoms with van der Waals surface area (Å²) in [5, 5.41) is 7.95. The molecule has 0 spiro atoms. The van der Waals surface area contributed by atoms with Crippen molar-refractivity contribution in [2.24, 2.45) is 5.92 Å². The Labute approximate surface area is 148 Å². The Balaban J connectivity index is 1.36. The van der Waals surface area contributed by atoms with Gasteiger partial charge in [-0.05, 0) is 19.4 Å². The first-order valence-corrected chi connectivity index (χ1v) is 9.07. The van der Waals surface area contributed by atoms with E-state index in [0.29, 0.717) is 19.1 Å². The van der Waals surface area contributed by atoms with Crippen LogP contribution < -0.4 is 14.8 Å². The number of para-hydroxylation sites is 1. The first kappa shape index (κ1) is 16.4. The van der Waals surface area contributed by atoms with Gasteiger partial charge in [0.1, 0.15) is 13.2 Å². The fourth-order valence-electron chi connectivity index (χ4n) is 3.58. The zero-order chi connectivity index (χ0) is 17.1. The summed E-state index contributed by atoms with van der Waals surface area (Å²) < 4.78 is 19.3. The van der Waals surface area contributed by atoms with E-state index in [-0.39, 0.29) is 6.10 Å². The molecule has 134 valence electrons. The third-order valence-corrected chi connectivity index (χ3v) is 4.89. The van der Waals surface area contributed by atoms with Crippen LogP contribution >= 0.6 is 0 Å². The molecule has 6 heteroatoms. The molecule has 1 N–H and O–H groups in total. The molecule has 2 aliphatic rings. The van der Waals surface area contributed by atoms with E-state index in [2.05, 4.69) is 29.6 Å². The second-order valence-electron chi connectivity index (χ2n) is 6.54. The van der Waals surface area contributed by atoms with Gasteiger partial charge in [0.15, 0.2) is 11.5 Å². The Hall–Kier alpha value is -2.05. The van der Waals surface area contributed by atoms with Crippen LogP contribution in [0.15, 0.2) is 30.6 Å². The smallest absolute Gasteiger partial charge is 0.165 e. The molecule has 0 amide bonds. The van der Waals surface area contributed by atoms with E-state index in [0.717, 1.165) is 49.7 Å². The van der Waals surface area contributed by atoms with Crippen LogP contribution in [0.5, 0.6) is 11.5 Å². The van der Waals surface area contributed by atoms with Gasteiger partial charge >= 0.3 is 0 Å². The maximum Gasteiger partial charge on any atom is 0.165 e. The third kappa shape index (κ3) is 3.50. The highest BCUT2D eigenvalue weighted by molar-refractivity contribution is 5.47. The van der Waals surface area contributed by atoms with Crippen molar-refractivity contribution in [1.82, 2.24) is 15.1 Å². The Morgan fingerprint density at radius 3 is 3.04 bits per heavy atom. The molecular weight excluding hydrogens is 318 g/mol. The predicted octanol–water partition coefficient (Wildman–Crippen LogP) is 2.54. The molecule has 6 nitrogen and oxygen atoms in total. The zero-order valence-corrected chi connectivity index (χ0v) is 14.6. The molecule has 2 atom stereocenters. The maximum atomic E-state index is 5.96. The quantitative estimate of drug-likeness (QED) is 0.873. The predicted molar refractivity (Wildman–Crippen MR) is 93.8 cm³/mol. The average Bonchev–Trinajstić information content (AvgIpc) is 3.30. The Morgan fingerprint density at radius 2 is 2.16 bits per heavy atom. The highest BCUT2D eigenvalue weighted by Gasteiger charge is 2.30. The van der Waals surface area contributed by atoms with Crippen molar-refractivity contribution in [1.29, 1.82) is 0 Å². The van der Waals surface area contributed by atoms with E-state index < -0.39 is 0 Å². The standard InChI is InChI=1S/C19H25N3O3/c1-2-22-13-16(12-21-22)18-15(6-7-24-18)11-20-10-14-4-3-5-17-19(14)25-9-8-23-17/h3-5,12-13,15,18,20H,2,6-11H2,1H3/t15-,18+/m0/s1. The van der Waals surface area contributed by atoms with Crippen LogP contribution in [0.3, 0.4) is 0 Å². The monoisotopic (exact) mass is 343 g/mol. The topological polar surface area (TPSA) is 57.5 Å². The molecule has 0 radical (unpaired) electrons. The van der Waals surface area contributed by atoms with Gasteiger partial charge in [0.25, 0.3) is 0 Å². The zero-order valence-electron chi connectivity index (χ0n) is 14.6. The van der Waals surface area contributed by atoms with Crippen LogP contribution in [0.4, 0.5) is 0 Å². The van der Waals surface area contributed by atoms with Crippen LogP contribution in [0, 0.1) is 5.92 Å². The normalized spacial score (nSPS) is 22.3. The molecule has 1 aromatic heterocycles. The van der Waals surface area contributed by atoms with Gasteiger partial charge in [0, 0.05) is 49.5 Å². The van der Waals surface area contributed by atoms with Crippen molar-refractivity contribution in [3.8, 4) is 11.5 Å². The van der Waals surface area contributed by atoms with Gasteiger partial charge in [-0.25, -0.2) is 0 Å². The van der Waals surface area contributed by atoms with Crippen LogP contribution in [0.1, 0.15) is 30.6 Å². The molecule has 25 heavy (non-hydrogen) atoms. The molecule has 0 aliphatic carbocycles. The summed E-state index contributed by atoms with van der Waals surface area (Å²) >= 11 is 0. The molecule has 0 saturated carbocycles. The summed E-state index contributed by atoms with van der Waals surface area (Å²) in [6, 6.07) is 6.07. The number of aryl methyl sites for hydroxylation is 1. The Morgan fingerprint density at radius 1 is 1.24 bits per heavy atom. The van der Waals surface area contributed by atoms with E-state index in [1.54, 1.807) is 0 Å². The first-order valence-electron chi connectivity index (χ1n) is 9.07. The lowest BCUT2D eigenvalue weighted by Crippen LogP contribution is -2.25. The van der Waals surface area contributed by atoms with Gasteiger partial charge in [-0.2, -0.15) is 5.10 Å². The molecule has 0 bridgehead atoms. The molecule has 2 aromatic rings. The molecule has 1 fully saturated rings. The molecule has 3 heterocycles.